The van der Waals surface area contributed by atoms with E-state index in [0.717, 1.165) is 13.4 Å². The second-order valence-corrected chi connectivity index (χ2v) is 8.25. The molecule has 3 aromatic rings. The third-order valence-corrected chi connectivity index (χ3v) is 6.27. The molecule has 0 heterocycles. The topological polar surface area (TPSA) is 0 Å². The highest BCUT2D eigenvalue weighted by Crippen LogP contribution is 2.40. The van der Waals surface area contributed by atoms with Crippen LogP contribution in [-0.4, -0.2) is 0 Å². The van der Waals surface area contributed by atoms with E-state index in [4.69, 9.17) is 0 Å². The molecular weight excluding hydrogens is 524 g/mol. The van der Waals surface area contributed by atoms with Crippen LogP contribution in [0.15, 0.2) is 68.0 Å². The summed E-state index contributed by atoms with van der Waals surface area (Å²) in [6.45, 7) is 0. The Labute approximate surface area is 157 Å². The highest BCUT2D eigenvalue weighted by atomic mass is 79.9. The summed E-state index contributed by atoms with van der Waals surface area (Å²) in [5.41, 5.74) is 2.47. The van der Waals surface area contributed by atoms with Crippen LogP contribution >= 0.6 is 63.7 Å². The second kappa shape index (κ2) is 6.53. The molecule has 3 rings (SSSR count). The maximum absolute atomic E-state index is 3.85. The van der Waals surface area contributed by atoms with Gasteiger partial charge in [0.05, 0.1) is 4.83 Å². The van der Waals surface area contributed by atoms with Crippen molar-refractivity contribution >= 4 is 74.5 Å². The molecule has 0 nitrogen and oxygen atoms in total. The molecule has 21 heavy (non-hydrogen) atoms. The minimum atomic E-state index is 0.137. The number of hydrogen-bond donors (Lipinski definition) is 0. The lowest BCUT2D eigenvalue weighted by Crippen LogP contribution is -1.96. The van der Waals surface area contributed by atoms with Crippen LogP contribution < -0.4 is 0 Å². The maximum atomic E-state index is 3.85. The van der Waals surface area contributed by atoms with Crippen LogP contribution in [0.1, 0.15) is 16.0 Å². The summed E-state index contributed by atoms with van der Waals surface area (Å²) < 4.78 is 3.28. The fraction of sp³-hybridized carbons (Fsp3) is 0.0588. The minimum absolute atomic E-state index is 0.137. The normalized spacial score (nSPS) is 12.6. The van der Waals surface area contributed by atoms with Crippen molar-refractivity contribution in [3.8, 4) is 0 Å². The lowest BCUT2D eigenvalue weighted by Gasteiger charge is -2.16. The summed E-state index contributed by atoms with van der Waals surface area (Å²) in [7, 11) is 0. The van der Waals surface area contributed by atoms with E-state index >= 15 is 0 Å². The highest BCUT2D eigenvalue weighted by molar-refractivity contribution is 9.11. The van der Waals surface area contributed by atoms with Gasteiger partial charge in [0.1, 0.15) is 0 Å². The Morgan fingerprint density at radius 3 is 2.05 bits per heavy atom. The van der Waals surface area contributed by atoms with Gasteiger partial charge in [-0.25, -0.2) is 0 Å². The molecule has 1 unspecified atom stereocenters. The van der Waals surface area contributed by atoms with Crippen molar-refractivity contribution < 1.29 is 0 Å². The summed E-state index contributed by atoms with van der Waals surface area (Å²) in [4.78, 5) is 0.137. The molecule has 0 N–H and O–H groups in total. The number of rotatable bonds is 2. The van der Waals surface area contributed by atoms with Gasteiger partial charge < -0.3 is 0 Å². The van der Waals surface area contributed by atoms with E-state index in [2.05, 4.69) is 118 Å². The molecule has 0 fully saturated rings. The van der Waals surface area contributed by atoms with Crippen molar-refractivity contribution in [3.05, 3.63) is 79.1 Å². The van der Waals surface area contributed by atoms with Gasteiger partial charge in [0.15, 0.2) is 0 Å². The van der Waals surface area contributed by atoms with Gasteiger partial charge in [-0.15, -0.1) is 0 Å². The van der Waals surface area contributed by atoms with Crippen molar-refractivity contribution in [1.82, 2.24) is 0 Å². The molecule has 0 saturated heterocycles. The molecule has 0 amide bonds. The molecule has 3 aromatic carbocycles. The van der Waals surface area contributed by atoms with Gasteiger partial charge in [0.2, 0.25) is 0 Å². The molecule has 1 atom stereocenters. The van der Waals surface area contributed by atoms with Gasteiger partial charge in [0, 0.05) is 13.4 Å². The monoisotopic (exact) mass is 530 g/mol. The number of hydrogen-bond acceptors (Lipinski definition) is 0. The zero-order chi connectivity index (χ0) is 15.0. The van der Waals surface area contributed by atoms with Gasteiger partial charge in [-0.3, -0.25) is 0 Å². The Balaban J connectivity index is 2.18. The van der Waals surface area contributed by atoms with Crippen molar-refractivity contribution in [3.63, 3.8) is 0 Å². The zero-order valence-corrected chi connectivity index (χ0v) is 17.1. The van der Waals surface area contributed by atoms with E-state index in [1.165, 1.54) is 21.9 Å². The number of halogens is 4. The first-order valence-corrected chi connectivity index (χ1v) is 9.63. The minimum Gasteiger partial charge on any atom is -0.0786 e. The van der Waals surface area contributed by atoms with Crippen molar-refractivity contribution in [1.29, 1.82) is 0 Å². The summed E-state index contributed by atoms with van der Waals surface area (Å²) in [5, 5.41) is 2.48. The van der Waals surface area contributed by atoms with Crippen LogP contribution in [0.25, 0.3) is 10.8 Å². The van der Waals surface area contributed by atoms with Crippen LogP contribution in [0.2, 0.25) is 0 Å². The lowest BCUT2D eigenvalue weighted by atomic mass is 9.98. The summed E-state index contributed by atoms with van der Waals surface area (Å²) >= 11 is 14.6. The molecule has 0 radical (unpaired) electrons. The fourth-order valence-electron chi connectivity index (χ4n) is 2.38. The average molecular weight is 534 g/mol. The summed E-state index contributed by atoms with van der Waals surface area (Å²) in [5.74, 6) is 0. The maximum Gasteiger partial charge on any atom is 0.0661 e. The molecule has 0 bridgehead atoms. The molecule has 0 spiro atoms. The number of alkyl halides is 1. The van der Waals surface area contributed by atoms with E-state index in [1.807, 2.05) is 0 Å². The number of benzene rings is 3. The smallest absolute Gasteiger partial charge is 0.0661 e. The van der Waals surface area contributed by atoms with E-state index in [0.29, 0.717) is 0 Å². The second-order valence-electron chi connectivity index (χ2n) is 4.71. The average Bonchev–Trinajstić information content (AvgIpc) is 2.47. The Morgan fingerprint density at radius 2 is 1.33 bits per heavy atom. The Morgan fingerprint density at radius 1 is 0.667 bits per heavy atom. The predicted molar refractivity (Wildman–Crippen MR) is 104 cm³/mol. The van der Waals surface area contributed by atoms with Crippen LogP contribution in [0.3, 0.4) is 0 Å². The molecule has 4 heteroatoms. The zero-order valence-electron chi connectivity index (χ0n) is 10.8. The van der Waals surface area contributed by atoms with Crippen LogP contribution in [0, 0.1) is 0 Å². The van der Waals surface area contributed by atoms with Gasteiger partial charge in [0.25, 0.3) is 0 Å². The van der Waals surface area contributed by atoms with Gasteiger partial charge >= 0.3 is 0 Å². The molecule has 0 aromatic heterocycles. The van der Waals surface area contributed by atoms with E-state index < -0.39 is 0 Å². The van der Waals surface area contributed by atoms with Gasteiger partial charge in [-0.2, -0.15) is 0 Å². The van der Waals surface area contributed by atoms with Crippen LogP contribution in [-0.2, 0) is 0 Å². The quantitative estimate of drug-likeness (QED) is 0.297. The highest BCUT2D eigenvalue weighted by Gasteiger charge is 2.17. The fourth-order valence-corrected chi connectivity index (χ4v) is 5.24. The third kappa shape index (κ3) is 3.14. The van der Waals surface area contributed by atoms with Crippen molar-refractivity contribution in [2.75, 3.05) is 0 Å². The SMILES string of the molecule is Brc1ccc(C(Br)c2ccc(Br)c3ccccc23)c(Br)c1. The first-order chi connectivity index (χ1) is 10.1. The summed E-state index contributed by atoms with van der Waals surface area (Å²) in [6.07, 6.45) is 0. The largest absolute Gasteiger partial charge is 0.0786 e. The Bertz CT molecular complexity index is 811. The predicted octanol–water partition coefficient (Wildman–Crippen LogP) is 7.61. The molecule has 0 aliphatic rings. The van der Waals surface area contributed by atoms with E-state index in [-0.39, 0.29) is 4.83 Å². The van der Waals surface area contributed by atoms with Crippen molar-refractivity contribution in [2.24, 2.45) is 0 Å². The molecule has 0 aliphatic heterocycles. The van der Waals surface area contributed by atoms with E-state index in [9.17, 15) is 0 Å². The van der Waals surface area contributed by atoms with Crippen LogP contribution in [0.4, 0.5) is 0 Å². The lowest BCUT2D eigenvalue weighted by molar-refractivity contribution is 1.18. The standard InChI is InChI=1S/C17H10Br4/c18-10-5-6-14(16(20)9-10)17(21)13-7-8-15(19)12-4-2-1-3-11(12)13/h1-9,17H. The third-order valence-electron chi connectivity index (χ3n) is 3.41. The first kappa shape index (κ1) is 15.7. The van der Waals surface area contributed by atoms with E-state index in [1.54, 1.807) is 0 Å². The first-order valence-electron chi connectivity index (χ1n) is 6.34. The summed E-state index contributed by atoms with van der Waals surface area (Å²) in [6, 6.07) is 19.0. The molecule has 0 saturated carbocycles. The molecule has 106 valence electrons. The molecule has 0 aliphatic carbocycles. The molecular formula is C17H10Br4. The van der Waals surface area contributed by atoms with Crippen molar-refractivity contribution in [2.45, 2.75) is 4.83 Å². The Hall–Kier alpha value is -0.160. The number of fused-ring (bicyclic) bond motifs is 1. The van der Waals surface area contributed by atoms with Gasteiger partial charge in [-0.05, 0) is 40.1 Å². The van der Waals surface area contributed by atoms with Gasteiger partial charge in [-0.1, -0.05) is 100 Å². The van der Waals surface area contributed by atoms with Crippen LogP contribution in [0.5, 0.6) is 0 Å². The Kier molecular flexibility index (Phi) is 4.89.